The molecule has 0 aromatic heterocycles. The van der Waals surface area contributed by atoms with Gasteiger partial charge in [0, 0.05) is 11.6 Å². The van der Waals surface area contributed by atoms with E-state index >= 15 is 0 Å². The molecule has 1 aromatic carbocycles. The molecular formula is C18H25NO5. The summed E-state index contributed by atoms with van der Waals surface area (Å²) in [6.45, 7) is 3.24. The first-order valence-electron chi connectivity index (χ1n) is 8.29. The Hall–Kier alpha value is -2.24. The quantitative estimate of drug-likeness (QED) is 0.829. The molecule has 0 radical (unpaired) electrons. The maximum atomic E-state index is 12.6. The average molecular weight is 335 g/mol. The first kappa shape index (κ1) is 18.1. The normalized spacial score (nSPS) is 14.7. The van der Waals surface area contributed by atoms with Crippen LogP contribution in [0.5, 0.6) is 11.5 Å². The van der Waals surface area contributed by atoms with Crippen LogP contribution in [0.1, 0.15) is 49.9 Å². The Balaban J connectivity index is 2.20. The molecule has 6 nitrogen and oxygen atoms in total. The third-order valence-electron chi connectivity index (χ3n) is 4.20. The number of amides is 1. The minimum absolute atomic E-state index is 0.194. The summed E-state index contributed by atoms with van der Waals surface area (Å²) in [6.07, 6.45) is 4.59. The highest BCUT2D eigenvalue weighted by atomic mass is 16.5. The van der Waals surface area contributed by atoms with Gasteiger partial charge in [0.1, 0.15) is 6.54 Å². The van der Waals surface area contributed by atoms with E-state index in [2.05, 4.69) is 0 Å². The summed E-state index contributed by atoms with van der Waals surface area (Å²) < 4.78 is 11.3. The van der Waals surface area contributed by atoms with E-state index in [-0.39, 0.29) is 24.6 Å². The molecule has 1 saturated carbocycles. The highest BCUT2D eigenvalue weighted by molar-refractivity contribution is 5.96. The van der Waals surface area contributed by atoms with Crippen LogP contribution < -0.4 is 9.47 Å². The van der Waals surface area contributed by atoms with Gasteiger partial charge in [-0.2, -0.15) is 0 Å². The van der Waals surface area contributed by atoms with Gasteiger partial charge in [0.15, 0.2) is 11.5 Å². The lowest BCUT2D eigenvalue weighted by molar-refractivity contribution is -0.138. The Morgan fingerprint density at radius 2 is 1.92 bits per heavy atom. The molecule has 1 N–H and O–H groups in total. The van der Waals surface area contributed by atoms with Crippen molar-refractivity contribution in [1.82, 2.24) is 4.90 Å². The number of benzene rings is 1. The van der Waals surface area contributed by atoms with Crippen molar-refractivity contribution in [3.8, 4) is 11.5 Å². The molecule has 1 fully saturated rings. The van der Waals surface area contributed by atoms with Gasteiger partial charge in [0.05, 0.1) is 13.2 Å². The first-order chi connectivity index (χ1) is 11.4. The van der Waals surface area contributed by atoms with Crippen LogP contribution in [0.4, 0.5) is 0 Å². The fraction of sp³-hybridized carbons (Fsp3) is 0.556. The monoisotopic (exact) mass is 335 g/mol. The van der Waals surface area contributed by atoms with Crippen molar-refractivity contribution in [2.75, 3.05) is 13.7 Å². The van der Waals surface area contributed by atoms with Gasteiger partial charge in [-0.05, 0) is 57.7 Å². The van der Waals surface area contributed by atoms with Crippen molar-refractivity contribution in [2.24, 2.45) is 0 Å². The van der Waals surface area contributed by atoms with Crippen molar-refractivity contribution in [3.63, 3.8) is 0 Å². The van der Waals surface area contributed by atoms with Gasteiger partial charge in [-0.3, -0.25) is 9.59 Å². The lowest BCUT2D eigenvalue weighted by Crippen LogP contribution is -2.40. The fourth-order valence-corrected chi connectivity index (χ4v) is 2.88. The number of carboxylic acid groups (broad SMARTS) is 1. The zero-order valence-electron chi connectivity index (χ0n) is 14.4. The lowest BCUT2D eigenvalue weighted by atomic mass is 10.1. The third-order valence-corrected chi connectivity index (χ3v) is 4.20. The average Bonchev–Trinajstić information content (AvgIpc) is 3.05. The Labute approximate surface area is 142 Å². The molecule has 1 aliphatic carbocycles. The molecule has 24 heavy (non-hydrogen) atoms. The first-order valence-corrected chi connectivity index (χ1v) is 8.29. The van der Waals surface area contributed by atoms with E-state index in [0.717, 1.165) is 12.8 Å². The van der Waals surface area contributed by atoms with E-state index in [4.69, 9.17) is 14.6 Å². The Kier molecular flexibility index (Phi) is 6.06. The molecule has 1 aromatic rings. The molecule has 132 valence electrons. The zero-order valence-corrected chi connectivity index (χ0v) is 14.4. The molecule has 0 unspecified atom stereocenters. The van der Waals surface area contributed by atoms with Gasteiger partial charge in [-0.25, -0.2) is 0 Å². The molecule has 0 spiro atoms. The van der Waals surface area contributed by atoms with Crippen LogP contribution in [0.3, 0.4) is 0 Å². The maximum absolute atomic E-state index is 12.6. The van der Waals surface area contributed by atoms with Crippen molar-refractivity contribution < 1.29 is 24.2 Å². The van der Waals surface area contributed by atoms with Crippen LogP contribution in [0.15, 0.2) is 18.2 Å². The van der Waals surface area contributed by atoms with Crippen molar-refractivity contribution in [2.45, 2.75) is 51.7 Å². The van der Waals surface area contributed by atoms with Crippen molar-refractivity contribution in [1.29, 1.82) is 0 Å². The van der Waals surface area contributed by atoms with Crippen molar-refractivity contribution in [3.05, 3.63) is 23.8 Å². The van der Waals surface area contributed by atoms with Crippen LogP contribution in [0.2, 0.25) is 0 Å². The van der Waals surface area contributed by atoms with Crippen LogP contribution in [-0.4, -0.2) is 47.7 Å². The molecule has 2 rings (SSSR count). The molecule has 0 saturated heterocycles. The summed E-state index contributed by atoms with van der Waals surface area (Å²) in [5, 5.41) is 8.99. The SMILES string of the molecule is COc1cc(C(=O)N(CC(=O)O)C(C)C)ccc1OC1CCCC1. The maximum Gasteiger partial charge on any atom is 0.323 e. The minimum atomic E-state index is -1.04. The molecular weight excluding hydrogens is 310 g/mol. The minimum Gasteiger partial charge on any atom is -0.493 e. The largest absolute Gasteiger partial charge is 0.493 e. The Morgan fingerprint density at radius 3 is 2.46 bits per heavy atom. The summed E-state index contributed by atoms with van der Waals surface area (Å²) in [4.78, 5) is 24.9. The number of nitrogens with zero attached hydrogens (tertiary/aromatic N) is 1. The number of aliphatic carboxylic acids is 1. The highest BCUT2D eigenvalue weighted by Crippen LogP contribution is 2.32. The number of carbonyl (C=O) groups excluding carboxylic acids is 1. The third kappa shape index (κ3) is 4.40. The number of carboxylic acids is 1. The summed E-state index contributed by atoms with van der Waals surface area (Å²) in [7, 11) is 1.53. The second-order valence-electron chi connectivity index (χ2n) is 6.31. The molecule has 0 aliphatic heterocycles. The van der Waals surface area contributed by atoms with E-state index < -0.39 is 5.97 Å². The smallest absolute Gasteiger partial charge is 0.323 e. The molecule has 0 bridgehead atoms. The molecule has 1 aliphatic rings. The van der Waals surface area contributed by atoms with Gasteiger partial charge in [0.2, 0.25) is 0 Å². The van der Waals surface area contributed by atoms with E-state index in [1.54, 1.807) is 32.0 Å². The second kappa shape index (κ2) is 8.04. The molecule has 1 amide bonds. The van der Waals surface area contributed by atoms with E-state index in [1.165, 1.54) is 24.9 Å². The number of hydrogen-bond acceptors (Lipinski definition) is 4. The predicted octanol–water partition coefficient (Wildman–Crippen LogP) is 2.95. The summed E-state index contributed by atoms with van der Waals surface area (Å²) >= 11 is 0. The van der Waals surface area contributed by atoms with E-state index in [0.29, 0.717) is 17.1 Å². The fourth-order valence-electron chi connectivity index (χ4n) is 2.88. The van der Waals surface area contributed by atoms with Crippen molar-refractivity contribution >= 4 is 11.9 Å². The van der Waals surface area contributed by atoms with E-state index in [9.17, 15) is 9.59 Å². The Morgan fingerprint density at radius 1 is 1.25 bits per heavy atom. The van der Waals surface area contributed by atoms with Crippen LogP contribution >= 0.6 is 0 Å². The summed E-state index contributed by atoms with van der Waals surface area (Å²) in [5.41, 5.74) is 0.389. The zero-order chi connectivity index (χ0) is 17.7. The second-order valence-corrected chi connectivity index (χ2v) is 6.31. The number of hydrogen-bond donors (Lipinski definition) is 1. The number of ether oxygens (including phenoxy) is 2. The van der Waals surface area contributed by atoms with Gasteiger partial charge in [-0.1, -0.05) is 0 Å². The summed E-state index contributed by atoms with van der Waals surface area (Å²) in [6, 6.07) is 4.79. The van der Waals surface area contributed by atoms with Crippen LogP contribution in [0, 0.1) is 0 Å². The van der Waals surface area contributed by atoms with Crippen LogP contribution in [-0.2, 0) is 4.79 Å². The molecule has 0 atom stereocenters. The highest BCUT2D eigenvalue weighted by Gasteiger charge is 2.23. The van der Waals surface area contributed by atoms with Gasteiger partial charge >= 0.3 is 5.97 Å². The predicted molar refractivity (Wildman–Crippen MR) is 89.7 cm³/mol. The number of carbonyl (C=O) groups is 2. The summed E-state index contributed by atoms with van der Waals surface area (Å²) in [5.74, 6) is -0.259. The van der Waals surface area contributed by atoms with Gasteiger partial charge < -0.3 is 19.5 Å². The lowest BCUT2D eigenvalue weighted by Gasteiger charge is -2.25. The van der Waals surface area contributed by atoms with Gasteiger partial charge in [0.25, 0.3) is 5.91 Å². The van der Waals surface area contributed by atoms with Crippen LogP contribution in [0.25, 0.3) is 0 Å². The number of methoxy groups -OCH3 is 1. The topological polar surface area (TPSA) is 76.1 Å². The standard InChI is InChI=1S/C18H25NO5/c1-12(2)19(11-17(20)21)18(22)13-8-9-15(16(10-13)23-3)24-14-6-4-5-7-14/h8-10,12,14H,4-7,11H2,1-3H3,(H,20,21). The van der Waals surface area contributed by atoms with E-state index in [1.807, 2.05) is 0 Å². The molecule has 0 heterocycles. The number of rotatable bonds is 7. The molecule has 6 heteroatoms. The Bertz CT molecular complexity index is 593. The van der Waals surface area contributed by atoms with Gasteiger partial charge in [-0.15, -0.1) is 0 Å².